The number of hydrogen-bond donors (Lipinski definition) is 2. The molecule has 0 aliphatic heterocycles. The van der Waals surface area contributed by atoms with Crippen molar-refractivity contribution in [2.45, 2.75) is 0 Å². The van der Waals surface area contributed by atoms with Crippen molar-refractivity contribution < 1.29 is 47.0 Å². The van der Waals surface area contributed by atoms with Crippen LogP contribution in [0.15, 0.2) is 64.6 Å². The molecule has 3 aromatic rings. The van der Waals surface area contributed by atoms with Gasteiger partial charge in [-0.05, 0) is 53.6 Å². The van der Waals surface area contributed by atoms with Crippen molar-refractivity contribution >= 4 is 29.8 Å². The number of carbonyl (C=O) groups excluding carboxylic acids is 1. The third-order valence-electron chi connectivity index (χ3n) is 4.08. The summed E-state index contributed by atoms with van der Waals surface area (Å²) in [5.41, 5.74) is 1.29. The van der Waals surface area contributed by atoms with Crippen molar-refractivity contribution in [2.75, 3.05) is 7.11 Å². The van der Waals surface area contributed by atoms with E-state index in [1.165, 1.54) is 62.0 Å². The van der Waals surface area contributed by atoms with Crippen molar-refractivity contribution in [3.8, 4) is 23.0 Å². The quantitative estimate of drug-likeness (QED) is 0.336. The molecule has 0 saturated carbocycles. The molecular weight excluding hydrogens is 452 g/mol. The summed E-state index contributed by atoms with van der Waals surface area (Å²) in [6, 6.07) is 12.1. The minimum atomic E-state index is -0.573. The number of phenolic OH excluding ortho intramolecular Hbond substituents is 2. The molecule has 1 radical (unpaired) electrons. The standard InChI is InChI=1S/C22H18N2O6.Cu/c1-30-22(29)13-4-7-18(23-11-14-2-5-16(25)9-20(14)27)19(8-13)24-12-15-3-6-17(26)10-21(15)28;/h2-12,25-28H,1H3;/q;+2/p-2. The molecule has 0 bridgehead atoms. The Morgan fingerprint density at radius 3 is 1.84 bits per heavy atom. The summed E-state index contributed by atoms with van der Waals surface area (Å²) < 4.78 is 4.71. The first-order valence-electron chi connectivity index (χ1n) is 8.68. The molecule has 8 nitrogen and oxygen atoms in total. The summed E-state index contributed by atoms with van der Waals surface area (Å²) in [7, 11) is 1.25. The third kappa shape index (κ3) is 5.85. The van der Waals surface area contributed by atoms with E-state index in [1.54, 1.807) is 0 Å². The molecule has 0 aromatic heterocycles. The van der Waals surface area contributed by atoms with Gasteiger partial charge in [0.2, 0.25) is 0 Å². The average Bonchev–Trinajstić information content (AvgIpc) is 2.72. The molecule has 0 aliphatic rings. The van der Waals surface area contributed by atoms with Crippen LogP contribution in [0.25, 0.3) is 0 Å². The Bertz CT molecular complexity index is 1160. The Morgan fingerprint density at radius 2 is 1.35 bits per heavy atom. The number of esters is 1. The van der Waals surface area contributed by atoms with E-state index in [9.17, 15) is 25.2 Å². The summed E-state index contributed by atoms with van der Waals surface area (Å²) >= 11 is 0. The molecule has 0 aliphatic carbocycles. The van der Waals surface area contributed by atoms with Crippen LogP contribution in [-0.2, 0) is 21.8 Å². The largest absolute Gasteiger partial charge is 2.00 e. The molecule has 31 heavy (non-hydrogen) atoms. The van der Waals surface area contributed by atoms with Gasteiger partial charge < -0.3 is 25.2 Å². The summed E-state index contributed by atoms with van der Waals surface area (Å²) in [5, 5.41) is 42.5. The van der Waals surface area contributed by atoms with Crippen LogP contribution in [0.3, 0.4) is 0 Å². The van der Waals surface area contributed by atoms with Gasteiger partial charge in [0.15, 0.2) is 0 Å². The Morgan fingerprint density at radius 1 is 0.839 bits per heavy atom. The van der Waals surface area contributed by atoms with Gasteiger partial charge in [-0.3, -0.25) is 9.98 Å². The SMILES string of the molecule is COC(=O)c1ccc(N=Cc2ccc(O)cc2[O-])c(N=Cc2ccc(O)cc2[O-])c1.[Cu+2]. The number of hydrogen-bond acceptors (Lipinski definition) is 8. The molecule has 2 N–H and O–H groups in total. The van der Waals surface area contributed by atoms with E-state index in [-0.39, 0.29) is 50.9 Å². The van der Waals surface area contributed by atoms with Gasteiger partial charge in [-0.2, -0.15) is 0 Å². The van der Waals surface area contributed by atoms with Gasteiger partial charge in [0.05, 0.1) is 24.0 Å². The Labute approximate surface area is 188 Å². The molecule has 161 valence electrons. The zero-order chi connectivity index (χ0) is 21.7. The normalized spacial score (nSPS) is 10.9. The molecular formula is C22H16CuN2O6. The van der Waals surface area contributed by atoms with E-state index in [4.69, 9.17) is 4.74 Å². The van der Waals surface area contributed by atoms with Gasteiger partial charge in [0.1, 0.15) is 11.5 Å². The first-order valence-corrected chi connectivity index (χ1v) is 8.68. The maximum absolute atomic E-state index is 11.9. The van der Waals surface area contributed by atoms with Gasteiger partial charge >= 0.3 is 23.0 Å². The maximum atomic E-state index is 11.9. The van der Waals surface area contributed by atoms with Gasteiger partial charge in [-0.1, -0.05) is 23.6 Å². The number of phenols is 2. The molecule has 0 saturated heterocycles. The van der Waals surface area contributed by atoms with E-state index >= 15 is 0 Å². The summed E-state index contributed by atoms with van der Waals surface area (Å²) in [6.07, 6.45) is 2.60. The summed E-state index contributed by atoms with van der Waals surface area (Å²) in [5.74, 6) is -1.70. The van der Waals surface area contributed by atoms with E-state index in [0.29, 0.717) is 5.69 Å². The van der Waals surface area contributed by atoms with E-state index in [2.05, 4.69) is 9.98 Å². The zero-order valence-corrected chi connectivity index (χ0v) is 17.0. The molecule has 0 amide bonds. The monoisotopic (exact) mass is 467 g/mol. The van der Waals surface area contributed by atoms with Crippen LogP contribution in [0.4, 0.5) is 11.4 Å². The predicted octanol–water partition coefficient (Wildman–Crippen LogP) is 2.53. The van der Waals surface area contributed by atoms with Crippen LogP contribution in [-0.4, -0.2) is 35.7 Å². The minimum Gasteiger partial charge on any atom is -0.872 e. The fourth-order valence-electron chi connectivity index (χ4n) is 2.52. The van der Waals surface area contributed by atoms with Crippen LogP contribution in [0, 0.1) is 0 Å². The molecule has 9 heteroatoms. The molecule has 0 fully saturated rings. The number of nitrogens with zero attached hydrogens (tertiary/aromatic N) is 2. The first kappa shape index (κ1) is 23.5. The third-order valence-corrected chi connectivity index (χ3v) is 4.08. The number of aliphatic imine (C=N–C) groups is 2. The number of ether oxygens (including phenoxy) is 1. The number of aromatic hydroxyl groups is 2. The maximum Gasteiger partial charge on any atom is 2.00 e. The van der Waals surface area contributed by atoms with Crippen LogP contribution in [0.1, 0.15) is 21.5 Å². The fourth-order valence-corrected chi connectivity index (χ4v) is 2.52. The Hall–Kier alpha value is -3.81. The number of rotatable bonds is 5. The molecule has 0 atom stereocenters. The predicted molar refractivity (Wildman–Crippen MR) is 107 cm³/mol. The number of carbonyl (C=O) groups is 1. The van der Waals surface area contributed by atoms with Crippen LogP contribution >= 0.6 is 0 Å². The number of methoxy groups -OCH3 is 1. The van der Waals surface area contributed by atoms with Crippen LogP contribution in [0.2, 0.25) is 0 Å². The summed E-state index contributed by atoms with van der Waals surface area (Å²) in [4.78, 5) is 20.3. The average molecular weight is 468 g/mol. The molecule has 3 aromatic carbocycles. The zero-order valence-electron chi connectivity index (χ0n) is 16.1. The van der Waals surface area contributed by atoms with Gasteiger partial charge in [-0.15, -0.1) is 0 Å². The smallest absolute Gasteiger partial charge is 0.872 e. The minimum absolute atomic E-state index is 0. The molecule has 0 heterocycles. The Balaban J connectivity index is 0.00000341. The van der Waals surface area contributed by atoms with Gasteiger partial charge in [0.25, 0.3) is 0 Å². The number of benzene rings is 3. The Kier molecular flexibility index (Phi) is 7.79. The van der Waals surface area contributed by atoms with Crippen molar-refractivity contribution in [1.29, 1.82) is 0 Å². The molecule has 0 spiro atoms. The van der Waals surface area contributed by atoms with E-state index in [1.807, 2.05) is 0 Å². The van der Waals surface area contributed by atoms with Crippen molar-refractivity contribution in [2.24, 2.45) is 9.98 Å². The van der Waals surface area contributed by atoms with Gasteiger partial charge in [-0.25, -0.2) is 4.79 Å². The second-order valence-corrected chi connectivity index (χ2v) is 6.16. The van der Waals surface area contributed by atoms with E-state index < -0.39 is 17.5 Å². The second-order valence-electron chi connectivity index (χ2n) is 6.16. The molecule has 0 unspecified atom stereocenters. The fraction of sp³-hybridized carbons (Fsp3) is 0.0455. The van der Waals surface area contributed by atoms with Crippen molar-refractivity contribution in [1.82, 2.24) is 0 Å². The molecule has 3 rings (SSSR count). The second kappa shape index (κ2) is 10.3. The van der Waals surface area contributed by atoms with Crippen LogP contribution in [0.5, 0.6) is 23.0 Å². The van der Waals surface area contributed by atoms with Crippen molar-refractivity contribution in [3.63, 3.8) is 0 Å². The van der Waals surface area contributed by atoms with E-state index in [0.717, 1.165) is 12.1 Å². The topological polar surface area (TPSA) is 138 Å². The van der Waals surface area contributed by atoms with Gasteiger partial charge in [0, 0.05) is 12.4 Å². The first-order chi connectivity index (χ1) is 14.4. The summed E-state index contributed by atoms with van der Waals surface area (Å²) in [6.45, 7) is 0. The van der Waals surface area contributed by atoms with Crippen LogP contribution < -0.4 is 10.2 Å². The van der Waals surface area contributed by atoms with Crippen molar-refractivity contribution in [3.05, 3.63) is 71.3 Å².